The number of nitrogens with one attached hydrogen (secondary N) is 1. The Morgan fingerprint density at radius 2 is 1.90 bits per heavy atom. The second kappa shape index (κ2) is 5.61. The van der Waals surface area contributed by atoms with Crippen molar-refractivity contribution in [3.8, 4) is 0 Å². The first-order valence-electron chi connectivity index (χ1n) is 7.86. The van der Waals surface area contributed by atoms with Crippen LogP contribution in [0.15, 0.2) is 28.7 Å². The molecule has 2 nitrogen and oxygen atoms in total. The molecule has 0 atom stereocenters. The Hall–Kier alpha value is -1.28. The predicted octanol–water partition coefficient (Wildman–Crippen LogP) is 4.80. The number of furan rings is 1. The van der Waals surface area contributed by atoms with Crippen molar-refractivity contribution in [1.82, 2.24) is 5.32 Å². The van der Waals surface area contributed by atoms with E-state index in [2.05, 4.69) is 31.3 Å². The molecule has 0 unspecified atom stereocenters. The molecule has 0 aliphatic heterocycles. The van der Waals surface area contributed by atoms with Crippen LogP contribution in [0.4, 0.5) is 0 Å². The van der Waals surface area contributed by atoms with Gasteiger partial charge in [0.05, 0.1) is 0 Å². The summed E-state index contributed by atoms with van der Waals surface area (Å²) in [5.74, 6) is 1.05. The maximum Gasteiger partial charge on any atom is 0.134 e. The summed E-state index contributed by atoms with van der Waals surface area (Å²) in [7, 11) is 0. The Bertz CT molecular complexity index is 578. The van der Waals surface area contributed by atoms with Crippen molar-refractivity contribution in [2.45, 2.75) is 52.5 Å². The zero-order valence-electron chi connectivity index (χ0n) is 12.7. The third-order valence-electron chi connectivity index (χ3n) is 4.81. The van der Waals surface area contributed by atoms with Crippen LogP contribution in [0.3, 0.4) is 0 Å². The van der Waals surface area contributed by atoms with Crippen molar-refractivity contribution in [1.29, 1.82) is 0 Å². The summed E-state index contributed by atoms with van der Waals surface area (Å²) in [6.45, 7) is 6.53. The van der Waals surface area contributed by atoms with Gasteiger partial charge in [-0.05, 0) is 31.2 Å². The summed E-state index contributed by atoms with van der Waals surface area (Å²) in [6.07, 6.45) is 6.94. The number of rotatable bonds is 4. The standard InChI is InChI=1S/C18H25NO/c1-14-16(15-8-4-5-9-17(15)20-14)12-19-13-18(2)10-6-3-7-11-18/h4-5,8-9,19H,3,6-7,10-13H2,1-2H3. The van der Waals surface area contributed by atoms with Gasteiger partial charge in [-0.15, -0.1) is 0 Å². The van der Waals surface area contributed by atoms with Crippen molar-refractivity contribution < 1.29 is 4.42 Å². The SMILES string of the molecule is Cc1oc2ccccc2c1CNCC1(C)CCCCC1. The minimum atomic E-state index is 0.492. The minimum absolute atomic E-state index is 0.492. The van der Waals surface area contributed by atoms with Gasteiger partial charge >= 0.3 is 0 Å². The minimum Gasteiger partial charge on any atom is -0.461 e. The highest BCUT2D eigenvalue weighted by Crippen LogP contribution is 2.35. The fourth-order valence-corrected chi connectivity index (χ4v) is 3.51. The molecule has 0 spiro atoms. The summed E-state index contributed by atoms with van der Waals surface area (Å²) < 4.78 is 5.83. The molecule has 108 valence electrons. The lowest BCUT2D eigenvalue weighted by Gasteiger charge is -2.33. The number of benzene rings is 1. The van der Waals surface area contributed by atoms with Crippen LogP contribution in [0.25, 0.3) is 11.0 Å². The van der Waals surface area contributed by atoms with Gasteiger partial charge in [-0.1, -0.05) is 44.4 Å². The molecule has 3 rings (SSSR count). The first-order chi connectivity index (χ1) is 9.68. The van der Waals surface area contributed by atoms with E-state index >= 15 is 0 Å². The quantitative estimate of drug-likeness (QED) is 0.864. The van der Waals surface area contributed by atoms with E-state index in [1.807, 2.05) is 12.1 Å². The average Bonchev–Trinajstić information content (AvgIpc) is 2.76. The molecule has 1 aromatic carbocycles. The zero-order valence-corrected chi connectivity index (χ0v) is 12.7. The van der Waals surface area contributed by atoms with Crippen LogP contribution in [-0.2, 0) is 6.54 Å². The Kier molecular flexibility index (Phi) is 3.84. The maximum absolute atomic E-state index is 5.83. The van der Waals surface area contributed by atoms with Crippen molar-refractivity contribution >= 4 is 11.0 Å². The Morgan fingerprint density at radius 3 is 2.70 bits per heavy atom. The Balaban J connectivity index is 1.66. The van der Waals surface area contributed by atoms with Crippen molar-refractivity contribution in [3.63, 3.8) is 0 Å². The van der Waals surface area contributed by atoms with Gasteiger partial charge in [-0.3, -0.25) is 0 Å². The number of fused-ring (bicyclic) bond motifs is 1. The topological polar surface area (TPSA) is 25.2 Å². The van der Waals surface area contributed by atoms with Gasteiger partial charge in [0.2, 0.25) is 0 Å². The Morgan fingerprint density at radius 1 is 1.15 bits per heavy atom. The molecule has 0 bridgehead atoms. The Labute approximate surface area is 121 Å². The highest BCUT2D eigenvalue weighted by atomic mass is 16.3. The molecule has 20 heavy (non-hydrogen) atoms. The molecule has 1 heterocycles. The molecular weight excluding hydrogens is 246 g/mol. The lowest BCUT2D eigenvalue weighted by atomic mass is 9.76. The third-order valence-corrected chi connectivity index (χ3v) is 4.81. The maximum atomic E-state index is 5.83. The zero-order chi connectivity index (χ0) is 14.0. The van der Waals surface area contributed by atoms with Crippen molar-refractivity contribution in [2.75, 3.05) is 6.54 Å². The van der Waals surface area contributed by atoms with Gasteiger partial charge < -0.3 is 9.73 Å². The normalized spacial score (nSPS) is 18.5. The number of hydrogen-bond donors (Lipinski definition) is 1. The average molecular weight is 271 g/mol. The van der Waals surface area contributed by atoms with E-state index in [4.69, 9.17) is 4.42 Å². The molecule has 1 N–H and O–H groups in total. The summed E-state index contributed by atoms with van der Waals surface area (Å²) in [4.78, 5) is 0. The number of aryl methyl sites for hydroxylation is 1. The van der Waals surface area contributed by atoms with Crippen LogP contribution in [0, 0.1) is 12.3 Å². The molecule has 1 aliphatic carbocycles. The fourth-order valence-electron chi connectivity index (χ4n) is 3.51. The summed E-state index contributed by atoms with van der Waals surface area (Å²) in [5, 5.41) is 4.93. The van der Waals surface area contributed by atoms with Gasteiger partial charge in [0.1, 0.15) is 11.3 Å². The molecule has 1 fully saturated rings. The highest BCUT2D eigenvalue weighted by Gasteiger charge is 2.26. The summed E-state index contributed by atoms with van der Waals surface area (Å²) in [5.41, 5.74) is 2.82. The van der Waals surface area contributed by atoms with Crippen LogP contribution in [0.2, 0.25) is 0 Å². The first-order valence-corrected chi connectivity index (χ1v) is 7.86. The van der Waals surface area contributed by atoms with Gasteiger partial charge in [0.15, 0.2) is 0 Å². The van der Waals surface area contributed by atoms with Crippen LogP contribution >= 0.6 is 0 Å². The molecule has 1 aliphatic rings. The number of hydrogen-bond acceptors (Lipinski definition) is 2. The lowest BCUT2D eigenvalue weighted by molar-refractivity contribution is 0.207. The molecule has 0 saturated heterocycles. The predicted molar refractivity (Wildman–Crippen MR) is 83.8 cm³/mol. The third kappa shape index (κ3) is 2.76. The molecular formula is C18H25NO. The highest BCUT2D eigenvalue weighted by molar-refractivity contribution is 5.82. The molecule has 1 aromatic heterocycles. The monoisotopic (exact) mass is 271 g/mol. The molecule has 2 aromatic rings. The molecule has 0 radical (unpaired) electrons. The van der Waals surface area contributed by atoms with E-state index in [0.29, 0.717) is 5.41 Å². The van der Waals surface area contributed by atoms with E-state index in [-0.39, 0.29) is 0 Å². The van der Waals surface area contributed by atoms with E-state index in [9.17, 15) is 0 Å². The summed E-state index contributed by atoms with van der Waals surface area (Å²) >= 11 is 0. The van der Waals surface area contributed by atoms with Gasteiger partial charge in [-0.25, -0.2) is 0 Å². The summed E-state index contributed by atoms with van der Waals surface area (Å²) in [6, 6.07) is 8.33. The van der Waals surface area contributed by atoms with E-state index in [0.717, 1.165) is 24.4 Å². The van der Waals surface area contributed by atoms with Crippen molar-refractivity contribution in [2.24, 2.45) is 5.41 Å². The van der Waals surface area contributed by atoms with E-state index in [1.54, 1.807) is 0 Å². The first kappa shape index (κ1) is 13.7. The second-order valence-corrected chi connectivity index (χ2v) is 6.61. The lowest BCUT2D eigenvalue weighted by Crippen LogP contribution is -2.33. The second-order valence-electron chi connectivity index (χ2n) is 6.61. The smallest absolute Gasteiger partial charge is 0.134 e. The molecule has 1 saturated carbocycles. The van der Waals surface area contributed by atoms with Crippen molar-refractivity contribution in [3.05, 3.63) is 35.6 Å². The van der Waals surface area contributed by atoms with Crippen LogP contribution in [0.1, 0.15) is 50.4 Å². The molecule has 0 amide bonds. The number of para-hydroxylation sites is 1. The van der Waals surface area contributed by atoms with E-state index < -0.39 is 0 Å². The largest absolute Gasteiger partial charge is 0.461 e. The van der Waals surface area contributed by atoms with Crippen LogP contribution in [-0.4, -0.2) is 6.54 Å². The fraction of sp³-hybridized carbons (Fsp3) is 0.556. The van der Waals surface area contributed by atoms with Gasteiger partial charge in [-0.2, -0.15) is 0 Å². The van der Waals surface area contributed by atoms with Gasteiger partial charge in [0.25, 0.3) is 0 Å². The van der Waals surface area contributed by atoms with E-state index in [1.165, 1.54) is 43.1 Å². The van der Waals surface area contributed by atoms with Crippen LogP contribution < -0.4 is 5.32 Å². The molecule has 2 heteroatoms. The van der Waals surface area contributed by atoms with Crippen LogP contribution in [0.5, 0.6) is 0 Å². The van der Waals surface area contributed by atoms with Gasteiger partial charge in [0, 0.05) is 24.0 Å².